The van der Waals surface area contributed by atoms with Gasteiger partial charge in [-0.25, -0.2) is 5.90 Å². The molecule has 0 saturated carbocycles. The number of nitrogens with two attached hydrogens (primary N) is 1. The maximum Gasteiger partial charge on any atom is 0.255 e. The second-order valence-corrected chi connectivity index (χ2v) is 2.69. The molecule has 0 bridgehead atoms. The lowest BCUT2D eigenvalue weighted by Gasteiger charge is -1.90. The summed E-state index contributed by atoms with van der Waals surface area (Å²) in [6.07, 6.45) is 0. The summed E-state index contributed by atoms with van der Waals surface area (Å²) in [6, 6.07) is 9.54. The lowest BCUT2D eigenvalue weighted by molar-refractivity contribution is 0.0996. The second kappa shape index (κ2) is 3.99. The maximum absolute atomic E-state index is 4.89. The molecule has 2 N–H and O–H groups in total. The Morgan fingerprint density at radius 2 is 2.07 bits per heavy atom. The van der Waals surface area contributed by atoms with Gasteiger partial charge in [-0.3, -0.25) is 4.84 Å². The van der Waals surface area contributed by atoms with Crippen LogP contribution >= 0.6 is 0 Å². The Kier molecular flexibility index (Phi) is 2.53. The highest BCUT2D eigenvalue weighted by Crippen LogP contribution is 2.14. The van der Waals surface area contributed by atoms with Gasteiger partial charge in [0.1, 0.15) is 6.61 Å². The fraction of sp³-hybridized carbons (Fsp3) is 0.111. The zero-order chi connectivity index (χ0) is 9.80. The van der Waals surface area contributed by atoms with E-state index in [2.05, 4.69) is 15.0 Å². The summed E-state index contributed by atoms with van der Waals surface area (Å²) in [4.78, 5) is 8.47. The number of hydrogen-bond donors (Lipinski definition) is 1. The van der Waals surface area contributed by atoms with Crippen molar-refractivity contribution in [3.8, 4) is 11.4 Å². The van der Waals surface area contributed by atoms with E-state index in [9.17, 15) is 0 Å². The van der Waals surface area contributed by atoms with Crippen LogP contribution in [0.15, 0.2) is 34.9 Å². The average molecular weight is 191 g/mol. The van der Waals surface area contributed by atoms with Gasteiger partial charge in [0.05, 0.1) is 0 Å². The molecule has 0 aliphatic rings. The highest BCUT2D eigenvalue weighted by molar-refractivity contribution is 5.53. The van der Waals surface area contributed by atoms with Crippen LogP contribution in [0.2, 0.25) is 0 Å². The van der Waals surface area contributed by atoms with Gasteiger partial charge in [0.15, 0.2) is 0 Å². The van der Waals surface area contributed by atoms with Crippen LogP contribution in [-0.4, -0.2) is 10.1 Å². The van der Waals surface area contributed by atoms with E-state index in [1.54, 1.807) is 0 Å². The van der Waals surface area contributed by atoms with E-state index in [0.717, 1.165) is 5.56 Å². The van der Waals surface area contributed by atoms with Crippen molar-refractivity contribution >= 4 is 0 Å². The first-order valence-electron chi connectivity index (χ1n) is 4.10. The molecule has 1 heterocycles. The third-order valence-corrected chi connectivity index (χ3v) is 1.71. The predicted molar refractivity (Wildman–Crippen MR) is 48.7 cm³/mol. The molecule has 1 aromatic carbocycles. The fourth-order valence-electron chi connectivity index (χ4n) is 1.09. The van der Waals surface area contributed by atoms with Gasteiger partial charge in [0.2, 0.25) is 5.82 Å². The molecule has 2 rings (SSSR count). The minimum absolute atomic E-state index is 0.125. The monoisotopic (exact) mass is 191 g/mol. The maximum atomic E-state index is 4.89. The van der Waals surface area contributed by atoms with Gasteiger partial charge in [0, 0.05) is 5.56 Å². The van der Waals surface area contributed by atoms with E-state index in [1.165, 1.54) is 0 Å². The van der Waals surface area contributed by atoms with Crippen LogP contribution in [0.4, 0.5) is 0 Å². The molecule has 0 unspecified atom stereocenters. The van der Waals surface area contributed by atoms with Crippen LogP contribution in [0.3, 0.4) is 0 Å². The van der Waals surface area contributed by atoms with Crippen molar-refractivity contribution in [1.82, 2.24) is 10.1 Å². The van der Waals surface area contributed by atoms with Gasteiger partial charge in [0.25, 0.3) is 5.89 Å². The SMILES string of the molecule is NOCc1nc(-c2ccccc2)no1. The standard InChI is InChI=1S/C9H9N3O2/c10-13-6-8-11-9(12-14-8)7-4-2-1-3-5-7/h1-5H,6,10H2. The molecule has 0 aliphatic heterocycles. The van der Waals surface area contributed by atoms with E-state index in [-0.39, 0.29) is 6.61 Å². The Hall–Kier alpha value is -1.72. The summed E-state index contributed by atoms with van der Waals surface area (Å²) in [5.74, 6) is 5.79. The van der Waals surface area contributed by atoms with Gasteiger partial charge in [-0.15, -0.1) is 0 Å². The lowest BCUT2D eigenvalue weighted by Crippen LogP contribution is -1.98. The van der Waals surface area contributed by atoms with E-state index < -0.39 is 0 Å². The Labute approximate surface area is 80.4 Å². The van der Waals surface area contributed by atoms with Crippen molar-refractivity contribution in [2.45, 2.75) is 6.61 Å². The first-order valence-corrected chi connectivity index (χ1v) is 4.10. The molecule has 0 amide bonds. The van der Waals surface area contributed by atoms with Gasteiger partial charge in [-0.2, -0.15) is 4.98 Å². The Bertz CT molecular complexity index is 399. The molecule has 5 nitrogen and oxygen atoms in total. The molecule has 0 saturated heterocycles. The van der Waals surface area contributed by atoms with Crippen LogP contribution < -0.4 is 5.90 Å². The third kappa shape index (κ3) is 1.78. The zero-order valence-electron chi connectivity index (χ0n) is 7.38. The summed E-state index contributed by atoms with van der Waals surface area (Å²) in [5, 5.41) is 3.78. The minimum atomic E-state index is 0.125. The molecule has 72 valence electrons. The first-order chi connectivity index (χ1) is 6.90. The third-order valence-electron chi connectivity index (χ3n) is 1.71. The topological polar surface area (TPSA) is 74.2 Å². The highest BCUT2D eigenvalue weighted by Gasteiger charge is 2.06. The lowest BCUT2D eigenvalue weighted by atomic mass is 10.2. The largest absolute Gasteiger partial charge is 0.336 e. The average Bonchev–Trinajstić information content (AvgIpc) is 2.68. The Morgan fingerprint density at radius 3 is 2.79 bits per heavy atom. The quantitative estimate of drug-likeness (QED) is 0.736. The molecule has 2 aromatic rings. The van der Waals surface area contributed by atoms with E-state index in [0.29, 0.717) is 11.7 Å². The number of nitrogens with zero attached hydrogens (tertiary/aromatic N) is 2. The minimum Gasteiger partial charge on any atom is -0.336 e. The van der Waals surface area contributed by atoms with Crippen LogP contribution in [0.1, 0.15) is 5.89 Å². The van der Waals surface area contributed by atoms with Gasteiger partial charge >= 0.3 is 0 Å². The first kappa shape index (κ1) is 8.86. The molecular weight excluding hydrogens is 182 g/mol. The van der Waals surface area contributed by atoms with Gasteiger partial charge in [-0.1, -0.05) is 35.5 Å². The highest BCUT2D eigenvalue weighted by atomic mass is 16.6. The van der Waals surface area contributed by atoms with Crippen LogP contribution in [0, 0.1) is 0 Å². The van der Waals surface area contributed by atoms with Crippen LogP contribution in [0.25, 0.3) is 11.4 Å². The van der Waals surface area contributed by atoms with E-state index in [4.69, 9.17) is 10.4 Å². The Balaban J connectivity index is 2.25. The molecule has 0 aliphatic carbocycles. The van der Waals surface area contributed by atoms with Crippen molar-refractivity contribution < 1.29 is 9.36 Å². The second-order valence-electron chi connectivity index (χ2n) is 2.69. The van der Waals surface area contributed by atoms with E-state index in [1.807, 2.05) is 30.3 Å². The zero-order valence-corrected chi connectivity index (χ0v) is 7.38. The number of benzene rings is 1. The van der Waals surface area contributed by atoms with Crippen molar-refractivity contribution in [3.63, 3.8) is 0 Å². The molecule has 0 fully saturated rings. The van der Waals surface area contributed by atoms with Crippen LogP contribution in [-0.2, 0) is 11.4 Å². The summed E-state index contributed by atoms with van der Waals surface area (Å²) in [5.41, 5.74) is 0.902. The summed E-state index contributed by atoms with van der Waals surface area (Å²) < 4.78 is 4.89. The smallest absolute Gasteiger partial charge is 0.255 e. The molecule has 0 spiro atoms. The molecule has 0 radical (unpaired) electrons. The van der Waals surface area contributed by atoms with Crippen molar-refractivity contribution in [2.24, 2.45) is 5.90 Å². The molecule has 14 heavy (non-hydrogen) atoms. The van der Waals surface area contributed by atoms with Crippen molar-refractivity contribution in [1.29, 1.82) is 0 Å². The van der Waals surface area contributed by atoms with Crippen molar-refractivity contribution in [2.75, 3.05) is 0 Å². The summed E-state index contributed by atoms with van der Waals surface area (Å²) in [6.45, 7) is 0.125. The van der Waals surface area contributed by atoms with Crippen molar-refractivity contribution in [3.05, 3.63) is 36.2 Å². The van der Waals surface area contributed by atoms with E-state index >= 15 is 0 Å². The number of aromatic nitrogens is 2. The molecular formula is C9H9N3O2. The molecule has 0 atom stereocenters. The molecule has 1 aromatic heterocycles. The fourth-order valence-corrected chi connectivity index (χ4v) is 1.09. The normalized spacial score (nSPS) is 10.4. The Morgan fingerprint density at radius 1 is 1.29 bits per heavy atom. The van der Waals surface area contributed by atoms with Crippen LogP contribution in [0.5, 0.6) is 0 Å². The number of hydrogen-bond acceptors (Lipinski definition) is 5. The van der Waals surface area contributed by atoms with Gasteiger partial charge in [-0.05, 0) is 0 Å². The van der Waals surface area contributed by atoms with Gasteiger partial charge < -0.3 is 4.52 Å². The summed E-state index contributed by atoms with van der Waals surface area (Å²) in [7, 11) is 0. The summed E-state index contributed by atoms with van der Waals surface area (Å²) >= 11 is 0. The molecule has 5 heteroatoms. The number of rotatable bonds is 3. The predicted octanol–water partition coefficient (Wildman–Crippen LogP) is 1.13.